The zero-order chi connectivity index (χ0) is 8.55. The molecule has 2 N–H and O–H groups in total. The highest BCUT2D eigenvalue weighted by atomic mass is 32.2. The number of fused-ring (bicyclic) bond motifs is 1. The molecule has 2 unspecified atom stereocenters. The summed E-state index contributed by atoms with van der Waals surface area (Å²) in [6, 6.07) is 0. The van der Waals surface area contributed by atoms with Crippen molar-refractivity contribution in [3.63, 3.8) is 0 Å². The Labute approximate surface area is 75.1 Å². The van der Waals surface area contributed by atoms with Crippen molar-refractivity contribution in [2.45, 2.75) is 11.7 Å². The maximum absolute atomic E-state index is 11.0. The topological polar surface area (TPSA) is 55.5 Å². The van der Waals surface area contributed by atoms with Gasteiger partial charge in [0.2, 0.25) is 5.91 Å². The van der Waals surface area contributed by atoms with Gasteiger partial charge in [0.15, 0.2) is 0 Å². The van der Waals surface area contributed by atoms with E-state index in [1.165, 1.54) is 0 Å². The summed E-state index contributed by atoms with van der Waals surface area (Å²) < 4.78 is 0. The molecule has 4 heteroatoms. The molecule has 1 amide bonds. The lowest BCUT2D eigenvalue weighted by molar-refractivity contribution is -0.115. The molecule has 2 heterocycles. The summed E-state index contributed by atoms with van der Waals surface area (Å²) in [6.45, 7) is 0.822. The molecule has 0 radical (unpaired) electrons. The monoisotopic (exact) mass is 182 g/mol. The van der Waals surface area contributed by atoms with Gasteiger partial charge >= 0.3 is 0 Å². The quantitative estimate of drug-likeness (QED) is 0.644. The van der Waals surface area contributed by atoms with Gasteiger partial charge in [0.1, 0.15) is 0 Å². The normalized spacial score (nSPS) is 32.8. The molecular weight excluding hydrogens is 172 g/mol. The van der Waals surface area contributed by atoms with Crippen LogP contribution in [0, 0.1) is 5.92 Å². The van der Waals surface area contributed by atoms with Gasteiger partial charge < -0.3 is 5.73 Å². The first-order valence-electron chi connectivity index (χ1n) is 3.92. The fourth-order valence-corrected chi connectivity index (χ4v) is 2.83. The molecule has 2 aliphatic heterocycles. The van der Waals surface area contributed by atoms with Crippen molar-refractivity contribution in [2.24, 2.45) is 16.6 Å². The van der Waals surface area contributed by atoms with Crippen LogP contribution in [0.4, 0.5) is 0 Å². The summed E-state index contributed by atoms with van der Waals surface area (Å²) in [5, 5.41) is 2.35. The highest BCUT2D eigenvalue weighted by molar-refractivity contribution is 8.03. The Kier molecular flexibility index (Phi) is 1.92. The van der Waals surface area contributed by atoms with E-state index in [1.807, 2.05) is 11.6 Å². The lowest BCUT2D eigenvalue weighted by atomic mass is 9.92. The third-order valence-electron chi connectivity index (χ3n) is 2.28. The molecule has 0 fully saturated rings. The second-order valence-corrected chi connectivity index (χ2v) is 4.12. The number of primary amides is 1. The maximum atomic E-state index is 11.0. The van der Waals surface area contributed by atoms with Crippen LogP contribution in [0.25, 0.3) is 0 Å². The third-order valence-corrected chi connectivity index (χ3v) is 3.49. The van der Waals surface area contributed by atoms with Crippen molar-refractivity contribution in [1.82, 2.24) is 0 Å². The van der Waals surface area contributed by atoms with Crippen LogP contribution in [-0.4, -0.2) is 23.9 Å². The number of aliphatic imine (C=N–C) groups is 1. The first-order chi connectivity index (χ1) is 5.79. The lowest BCUT2D eigenvalue weighted by Crippen LogP contribution is -2.28. The zero-order valence-electron chi connectivity index (χ0n) is 6.56. The Morgan fingerprint density at radius 3 is 3.33 bits per heavy atom. The van der Waals surface area contributed by atoms with Crippen molar-refractivity contribution < 1.29 is 4.79 Å². The Hall–Kier alpha value is -0.770. The predicted molar refractivity (Wildman–Crippen MR) is 50.1 cm³/mol. The number of nitrogens with zero attached hydrogens (tertiary/aromatic N) is 1. The van der Waals surface area contributed by atoms with Crippen molar-refractivity contribution in [1.29, 1.82) is 0 Å². The largest absolute Gasteiger partial charge is 0.366 e. The van der Waals surface area contributed by atoms with Gasteiger partial charge in [-0.3, -0.25) is 9.79 Å². The summed E-state index contributed by atoms with van der Waals surface area (Å²) in [6.07, 6.45) is 2.76. The van der Waals surface area contributed by atoms with E-state index in [1.54, 1.807) is 11.8 Å². The van der Waals surface area contributed by atoms with Crippen LogP contribution >= 0.6 is 11.8 Å². The number of thioether (sulfide) groups is 1. The summed E-state index contributed by atoms with van der Waals surface area (Å²) in [5.41, 5.74) is 6.03. The van der Waals surface area contributed by atoms with E-state index in [9.17, 15) is 4.79 Å². The summed E-state index contributed by atoms with van der Waals surface area (Å²) in [4.78, 5) is 15.1. The highest BCUT2D eigenvalue weighted by Crippen LogP contribution is 2.38. The van der Waals surface area contributed by atoms with Gasteiger partial charge in [-0.25, -0.2) is 0 Å². The van der Waals surface area contributed by atoms with Gasteiger partial charge in [0.25, 0.3) is 0 Å². The van der Waals surface area contributed by atoms with E-state index >= 15 is 0 Å². The fourth-order valence-electron chi connectivity index (χ4n) is 1.60. The van der Waals surface area contributed by atoms with Gasteiger partial charge in [-0.05, 0) is 18.0 Å². The van der Waals surface area contributed by atoms with Crippen molar-refractivity contribution in [2.75, 3.05) is 6.54 Å². The average molecular weight is 182 g/mol. The standard InChI is InChI=1S/C8H10N2OS/c9-8(11)6-4-12-7-3-10-2-1-5(6)7/h2,4-5,7H,1,3H2,(H2,9,11). The molecule has 0 aromatic rings. The molecule has 12 heavy (non-hydrogen) atoms. The first-order valence-corrected chi connectivity index (χ1v) is 4.87. The molecule has 0 saturated carbocycles. The second kappa shape index (κ2) is 2.94. The van der Waals surface area contributed by atoms with Gasteiger partial charge in [-0.15, -0.1) is 11.8 Å². The summed E-state index contributed by atoms with van der Waals surface area (Å²) in [5.74, 6) is 0.0512. The molecule has 0 aromatic carbocycles. The number of amides is 1. The maximum Gasteiger partial charge on any atom is 0.245 e. The number of nitrogens with two attached hydrogens (primary N) is 1. The van der Waals surface area contributed by atoms with Crippen LogP contribution in [0.1, 0.15) is 6.42 Å². The summed E-state index contributed by atoms with van der Waals surface area (Å²) >= 11 is 1.69. The Morgan fingerprint density at radius 1 is 1.75 bits per heavy atom. The number of carbonyl (C=O) groups is 1. The van der Waals surface area contributed by atoms with E-state index in [0.717, 1.165) is 18.5 Å². The molecule has 2 aliphatic rings. The van der Waals surface area contributed by atoms with Crippen molar-refractivity contribution >= 4 is 23.9 Å². The van der Waals surface area contributed by atoms with Gasteiger partial charge in [-0.2, -0.15) is 0 Å². The average Bonchev–Trinajstić information content (AvgIpc) is 2.47. The van der Waals surface area contributed by atoms with Crippen LogP contribution in [-0.2, 0) is 4.79 Å². The fraction of sp³-hybridized carbons (Fsp3) is 0.500. The number of carbonyl (C=O) groups excluding carboxylic acids is 1. The molecule has 64 valence electrons. The lowest BCUT2D eigenvalue weighted by Gasteiger charge is -2.20. The Bertz CT molecular complexity index is 272. The minimum absolute atomic E-state index is 0.273. The van der Waals surface area contributed by atoms with E-state index in [4.69, 9.17) is 5.73 Å². The smallest absolute Gasteiger partial charge is 0.245 e. The number of hydrogen-bond acceptors (Lipinski definition) is 3. The minimum atomic E-state index is -0.273. The zero-order valence-corrected chi connectivity index (χ0v) is 7.38. The molecule has 0 saturated heterocycles. The third kappa shape index (κ3) is 1.16. The van der Waals surface area contributed by atoms with Crippen LogP contribution in [0.3, 0.4) is 0 Å². The molecule has 2 atom stereocenters. The number of rotatable bonds is 1. The van der Waals surface area contributed by atoms with Crippen LogP contribution in [0.5, 0.6) is 0 Å². The first kappa shape index (κ1) is 7.86. The highest BCUT2D eigenvalue weighted by Gasteiger charge is 2.33. The predicted octanol–water partition coefficient (Wildman–Crippen LogP) is 0.562. The molecule has 0 aliphatic carbocycles. The molecule has 0 aromatic heterocycles. The van der Waals surface area contributed by atoms with E-state index in [2.05, 4.69) is 4.99 Å². The second-order valence-electron chi connectivity index (χ2n) is 3.00. The molecule has 0 bridgehead atoms. The van der Waals surface area contributed by atoms with Crippen LogP contribution < -0.4 is 5.73 Å². The van der Waals surface area contributed by atoms with Crippen molar-refractivity contribution in [3.05, 3.63) is 11.0 Å². The van der Waals surface area contributed by atoms with E-state index in [0.29, 0.717) is 11.2 Å². The van der Waals surface area contributed by atoms with Gasteiger partial charge in [0.05, 0.1) is 6.54 Å². The molecule has 0 spiro atoms. The van der Waals surface area contributed by atoms with E-state index < -0.39 is 0 Å². The van der Waals surface area contributed by atoms with Crippen LogP contribution in [0.15, 0.2) is 16.0 Å². The summed E-state index contributed by atoms with van der Waals surface area (Å²) in [7, 11) is 0. The van der Waals surface area contributed by atoms with E-state index in [-0.39, 0.29) is 5.91 Å². The van der Waals surface area contributed by atoms with Gasteiger partial charge in [-0.1, -0.05) is 0 Å². The Morgan fingerprint density at radius 2 is 2.58 bits per heavy atom. The minimum Gasteiger partial charge on any atom is -0.366 e. The van der Waals surface area contributed by atoms with Crippen molar-refractivity contribution in [3.8, 4) is 0 Å². The Balaban J connectivity index is 2.19. The SMILES string of the molecule is NC(=O)C1=CSC2CN=CCC12. The number of hydrogen-bond donors (Lipinski definition) is 1. The van der Waals surface area contributed by atoms with Gasteiger partial charge in [0, 0.05) is 16.7 Å². The molecule has 3 nitrogen and oxygen atoms in total. The molecule has 2 rings (SSSR count). The van der Waals surface area contributed by atoms with Crippen LogP contribution in [0.2, 0.25) is 0 Å². The molecular formula is C8H10N2OS.